The van der Waals surface area contributed by atoms with Crippen LogP contribution in [0, 0.1) is 6.92 Å². The van der Waals surface area contributed by atoms with Gasteiger partial charge in [-0.25, -0.2) is 0 Å². The molecule has 0 saturated carbocycles. The van der Waals surface area contributed by atoms with E-state index in [1.165, 1.54) is 5.56 Å². The molecule has 0 atom stereocenters. The molecule has 0 aliphatic carbocycles. The molecule has 0 fully saturated rings. The van der Waals surface area contributed by atoms with Crippen LogP contribution < -0.4 is 0 Å². The number of amides is 2. The molecule has 0 saturated heterocycles. The lowest BCUT2D eigenvalue weighted by molar-refractivity contribution is -0.132. The van der Waals surface area contributed by atoms with Crippen molar-refractivity contribution in [2.24, 2.45) is 0 Å². The van der Waals surface area contributed by atoms with Crippen LogP contribution in [0.1, 0.15) is 33.5 Å². The van der Waals surface area contributed by atoms with Gasteiger partial charge in [-0.05, 0) is 49.1 Å². The lowest BCUT2D eigenvalue weighted by atomic mass is 10.1. The quantitative estimate of drug-likeness (QED) is 0.232. The molecular weight excluding hydrogens is 498 g/mol. The number of methoxy groups -OCH3 is 1. The highest BCUT2D eigenvalue weighted by molar-refractivity contribution is 6.33. The van der Waals surface area contributed by atoms with Crippen LogP contribution in [0.25, 0.3) is 10.9 Å². The van der Waals surface area contributed by atoms with Crippen LogP contribution in [0.4, 0.5) is 0 Å². The summed E-state index contributed by atoms with van der Waals surface area (Å²) >= 11 is 6.33. The molecule has 38 heavy (non-hydrogen) atoms. The largest absolute Gasteiger partial charge is 0.385 e. The van der Waals surface area contributed by atoms with Gasteiger partial charge in [0.1, 0.15) is 6.54 Å². The maximum atomic E-state index is 13.8. The zero-order chi connectivity index (χ0) is 26.9. The van der Waals surface area contributed by atoms with E-state index in [1.807, 2.05) is 48.4 Å². The first-order valence-electron chi connectivity index (χ1n) is 12.9. The number of carbonyl (C=O) groups is 2. The number of aryl methyl sites for hydroxylation is 1. The minimum Gasteiger partial charge on any atom is -0.385 e. The number of nitrogens with one attached hydrogen (secondary N) is 1. The van der Waals surface area contributed by atoms with Crippen molar-refractivity contribution >= 4 is 34.3 Å². The smallest absolute Gasteiger partial charge is 0.255 e. The summed E-state index contributed by atoms with van der Waals surface area (Å²) in [6.07, 6.45) is 3.33. The van der Waals surface area contributed by atoms with Crippen molar-refractivity contribution in [3.8, 4) is 0 Å². The average Bonchev–Trinajstić information content (AvgIpc) is 3.34. The Morgan fingerprint density at radius 2 is 1.66 bits per heavy atom. The van der Waals surface area contributed by atoms with Crippen LogP contribution in [0.5, 0.6) is 0 Å². The summed E-state index contributed by atoms with van der Waals surface area (Å²) < 4.78 is 5.20. The van der Waals surface area contributed by atoms with Crippen LogP contribution in [0.2, 0.25) is 5.02 Å². The van der Waals surface area contributed by atoms with Gasteiger partial charge in [0.2, 0.25) is 5.91 Å². The van der Waals surface area contributed by atoms with E-state index in [4.69, 9.17) is 16.3 Å². The molecule has 7 heteroatoms. The Kier molecular flexibility index (Phi) is 9.57. The topological polar surface area (TPSA) is 65.6 Å². The summed E-state index contributed by atoms with van der Waals surface area (Å²) in [4.78, 5) is 33.9. The van der Waals surface area contributed by atoms with Gasteiger partial charge in [-0.15, -0.1) is 0 Å². The molecule has 1 N–H and O–H groups in total. The number of hydrogen-bond acceptors (Lipinski definition) is 3. The van der Waals surface area contributed by atoms with Gasteiger partial charge in [0.15, 0.2) is 0 Å². The number of carbonyl (C=O) groups excluding carboxylic acids is 2. The summed E-state index contributed by atoms with van der Waals surface area (Å²) in [7, 11) is 1.62. The molecule has 1 heterocycles. The van der Waals surface area contributed by atoms with E-state index in [2.05, 4.69) is 23.2 Å². The number of aromatic amines is 1. The van der Waals surface area contributed by atoms with Gasteiger partial charge in [0.25, 0.3) is 5.91 Å². The van der Waals surface area contributed by atoms with Gasteiger partial charge in [-0.1, -0.05) is 71.8 Å². The zero-order valence-electron chi connectivity index (χ0n) is 22.0. The molecule has 0 aliphatic rings. The molecule has 0 aliphatic heterocycles. The lowest BCUT2D eigenvalue weighted by Gasteiger charge is -2.28. The monoisotopic (exact) mass is 531 g/mol. The third kappa shape index (κ3) is 7.03. The number of fused-ring (bicyclic) bond motifs is 1. The number of H-pyrrole nitrogens is 1. The van der Waals surface area contributed by atoms with Gasteiger partial charge in [-0.3, -0.25) is 9.59 Å². The summed E-state index contributed by atoms with van der Waals surface area (Å²) in [6.45, 7) is 3.89. The van der Waals surface area contributed by atoms with E-state index in [-0.39, 0.29) is 18.4 Å². The second kappa shape index (κ2) is 13.3. The fourth-order valence-corrected chi connectivity index (χ4v) is 4.74. The molecular formula is C31H34ClN3O3. The molecule has 198 valence electrons. The molecule has 4 rings (SSSR count). The number of benzene rings is 3. The van der Waals surface area contributed by atoms with Gasteiger partial charge >= 0.3 is 0 Å². The maximum Gasteiger partial charge on any atom is 0.255 e. The van der Waals surface area contributed by atoms with Crippen LogP contribution in [-0.4, -0.2) is 59.9 Å². The highest BCUT2D eigenvalue weighted by Gasteiger charge is 2.24. The number of ether oxygens (including phenoxy) is 1. The molecule has 0 spiro atoms. The van der Waals surface area contributed by atoms with Crippen LogP contribution >= 0.6 is 11.6 Å². The van der Waals surface area contributed by atoms with Crippen LogP contribution in [0.3, 0.4) is 0 Å². The summed E-state index contributed by atoms with van der Waals surface area (Å²) in [5.74, 6) is -0.366. The first kappa shape index (κ1) is 27.4. The Morgan fingerprint density at radius 1 is 0.921 bits per heavy atom. The molecule has 1 aromatic heterocycles. The minimum atomic E-state index is -0.257. The van der Waals surface area contributed by atoms with Gasteiger partial charge < -0.3 is 19.5 Å². The van der Waals surface area contributed by atoms with E-state index in [1.54, 1.807) is 36.3 Å². The lowest BCUT2D eigenvalue weighted by Crippen LogP contribution is -2.44. The van der Waals surface area contributed by atoms with Gasteiger partial charge in [0.05, 0.1) is 10.6 Å². The highest BCUT2D eigenvalue weighted by Crippen LogP contribution is 2.20. The highest BCUT2D eigenvalue weighted by atomic mass is 35.5. The van der Waals surface area contributed by atoms with E-state index in [0.717, 1.165) is 22.0 Å². The number of nitrogens with zero attached hydrogens (tertiary/aromatic N) is 2. The fraction of sp³-hybridized carbons (Fsp3) is 0.290. The third-order valence-corrected chi connectivity index (χ3v) is 7.00. The molecule has 4 aromatic rings. The molecule has 0 unspecified atom stereocenters. The van der Waals surface area contributed by atoms with Crippen molar-refractivity contribution in [3.05, 3.63) is 106 Å². The Balaban J connectivity index is 1.55. The summed E-state index contributed by atoms with van der Waals surface area (Å²) in [6, 6.07) is 23.3. The van der Waals surface area contributed by atoms with Crippen LogP contribution in [0.15, 0.2) is 79.0 Å². The van der Waals surface area contributed by atoms with E-state index < -0.39 is 0 Å². The predicted molar refractivity (Wildman–Crippen MR) is 152 cm³/mol. The van der Waals surface area contributed by atoms with Crippen molar-refractivity contribution in [2.75, 3.05) is 33.4 Å². The molecule has 3 aromatic carbocycles. The summed E-state index contributed by atoms with van der Waals surface area (Å²) in [5.41, 5.74) is 4.84. The first-order chi connectivity index (χ1) is 18.5. The molecule has 0 radical (unpaired) electrons. The Bertz CT molecular complexity index is 1370. The van der Waals surface area contributed by atoms with Crippen molar-refractivity contribution in [1.29, 1.82) is 0 Å². The van der Waals surface area contributed by atoms with Gasteiger partial charge in [0, 0.05) is 50.5 Å². The minimum absolute atomic E-state index is 0.0342. The second-order valence-electron chi connectivity index (χ2n) is 9.46. The zero-order valence-corrected chi connectivity index (χ0v) is 22.7. The van der Waals surface area contributed by atoms with Gasteiger partial charge in [-0.2, -0.15) is 0 Å². The number of hydrogen-bond donors (Lipinski definition) is 1. The van der Waals surface area contributed by atoms with Crippen molar-refractivity contribution in [3.63, 3.8) is 0 Å². The predicted octanol–water partition coefficient (Wildman–Crippen LogP) is 5.88. The molecule has 2 amide bonds. The number of rotatable bonds is 12. The summed E-state index contributed by atoms with van der Waals surface area (Å²) in [5, 5.41) is 1.53. The molecule has 6 nitrogen and oxygen atoms in total. The Labute approximate surface area is 229 Å². The Hall–Kier alpha value is -3.61. The number of halogens is 1. The first-order valence-corrected chi connectivity index (χ1v) is 13.2. The van der Waals surface area contributed by atoms with Crippen molar-refractivity contribution in [2.45, 2.75) is 26.3 Å². The number of aromatic nitrogens is 1. The standard InChI is InChI=1S/C31H34ClN3O3/c1-23-12-14-24(15-13-23)21-34(18-16-25-20-33-29-11-6-4-8-26(25)29)30(36)22-35(17-7-19-38-2)31(37)27-9-3-5-10-28(27)32/h3-6,8-15,20,33H,7,16-19,21-22H2,1-2H3. The second-order valence-corrected chi connectivity index (χ2v) is 9.87. The number of para-hydroxylation sites is 1. The van der Waals surface area contributed by atoms with Crippen molar-refractivity contribution in [1.82, 2.24) is 14.8 Å². The average molecular weight is 532 g/mol. The SMILES string of the molecule is COCCCN(CC(=O)N(CCc1c[nH]c2ccccc12)Cc1ccc(C)cc1)C(=O)c1ccccc1Cl. The Morgan fingerprint density at radius 3 is 2.42 bits per heavy atom. The van der Waals surface area contributed by atoms with E-state index in [0.29, 0.717) is 49.7 Å². The molecule has 0 bridgehead atoms. The van der Waals surface area contributed by atoms with E-state index in [9.17, 15) is 9.59 Å². The maximum absolute atomic E-state index is 13.8. The fourth-order valence-electron chi connectivity index (χ4n) is 4.52. The third-order valence-electron chi connectivity index (χ3n) is 6.67. The van der Waals surface area contributed by atoms with E-state index >= 15 is 0 Å². The normalized spacial score (nSPS) is 11.0. The van der Waals surface area contributed by atoms with Crippen molar-refractivity contribution < 1.29 is 14.3 Å². The van der Waals surface area contributed by atoms with Crippen LogP contribution in [-0.2, 0) is 22.5 Å².